The predicted molar refractivity (Wildman–Crippen MR) is 61.8 cm³/mol. The number of anilines is 1. The van der Waals surface area contributed by atoms with Crippen LogP contribution in [0.2, 0.25) is 0 Å². The standard InChI is InChI=1S/C11H13N.C2H6/c1-8-2-3-9-7-11(4-5-11)12-10(9)6-8;1-2/h2-3,6,12H,4-5,7H2,1H3;1-2H3. The van der Waals surface area contributed by atoms with Crippen molar-refractivity contribution in [2.24, 2.45) is 0 Å². The smallest absolute Gasteiger partial charge is 0.0416 e. The summed E-state index contributed by atoms with van der Waals surface area (Å²) in [5.74, 6) is 0. The van der Waals surface area contributed by atoms with Gasteiger partial charge in [0.25, 0.3) is 0 Å². The Labute approximate surface area is 86.5 Å². The van der Waals surface area contributed by atoms with Crippen molar-refractivity contribution >= 4 is 5.69 Å². The molecule has 1 aromatic rings. The zero-order valence-corrected chi connectivity index (χ0v) is 9.35. The summed E-state index contributed by atoms with van der Waals surface area (Å²) in [6.07, 6.45) is 3.98. The highest BCUT2D eigenvalue weighted by Gasteiger charge is 2.46. The van der Waals surface area contributed by atoms with Gasteiger partial charge in [0.2, 0.25) is 0 Å². The van der Waals surface area contributed by atoms with E-state index >= 15 is 0 Å². The second kappa shape index (κ2) is 3.30. The minimum absolute atomic E-state index is 0.496. The van der Waals surface area contributed by atoms with E-state index in [2.05, 4.69) is 30.4 Å². The molecule has 1 heterocycles. The third-order valence-electron chi connectivity index (χ3n) is 3.05. The predicted octanol–water partition coefficient (Wildman–Crippen LogP) is 3.52. The summed E-state index contributed by atoms with van der Waals surface area (Å²) < 4.78 is 0. The second-order valence-corrected chi connectivity index (χ2v) is 4.24. The molecule has 1 spiro atoms. The van der Waals surface area contributed by atoms with Crippen LogP contribution < -0.4 is 5.32 Å². The zero-order chi connectivity index (χ0) is 10.2. The van der Waals surface area contributed by atoms with Crippen molar-refractivity contribution in [2.45, 2.75) is 45.6 Å². The van der Waals surface area contributed by atoms with Gasteiger partial charge in [-0.25, -0.2) is 0 Å². The van der Waals surface area contributed by atoms with Crippen LogP contribution in [0, 0.1) is 6.92 Å². The van der Waals surface area contributed by atoms with E-state index in [0.717, 1.165) is 0 Å². The SMILES string of the molecule is CC.Cc1ccc2c(c1)NC1(CC1)C2. The van der Waals surface area contributed by atoms with Gasteiger partial charge in [-0.2, -0.15) is 0 Å². The third kappa shape index (κ3) is 1.52. The number of rotatable bonds is 0. The van der Waals surface area contributed by atoms with Crippen LogP contribution in [-0.4, -0.2) is 5.54 Å². The van der Waals surface area contributed by atoms with E-state index in [1.54, 1.807) is 0 Å². The van der Waals surface area contributed by atoms with E-state index in [4.69, 9.17) is 0 Å². The normalized spacial score (nSPS) is 19.4. The van der Waals surface area contributed by atoms with Gasteiger partial charge in [-0.3, -0.25) is 0 Å². The summed E-state index contributed by atoms with van der Waals surface area (Å²) >= 11 is 0. The first-order chi connectivity index (χ1) is 6.77. The van der Waals surface area contributed by atoms with Gasteiger partial charge in [0.05, 0.1) is 0 Å². The largest absolute Gasteiger partial charge is 0.379 e. The highest BCUT2D eigenvalue weighted by atomic mass is 15.1. The summed E-state index contributed by atoms with van der Waals surface area (Å²) in [5, 5.41) is 3.63. The molecule has 1 N–H and O–H groups in total. The van der Waals surface area contributed by atoms with E-state index in [-0.39, 0.29) is 0 Å². The summed E-state index contributed by atoms with van der Waals surface area (Å²) in [7, 11) is 0. The Kier molecular flexibility index (Phi) is 2.26. The lowest BCUT2D eigenvalue weighted by Crippen LogP contribution is -2.15. The first-order valence-corrected chi connectivity index (χ1v) is 5.65. The zero-order valence-electron chi connectivity index (χ0n) is 9.35. The minimum atomic E-state index is 0.496. The maximum atomic E-state index is 3.63. The van der Waals surface area contributed by atoms with Crippen molar-refractivity contribution in [3.05, 3.63) is 29.3 Å². The molecule has 1 saturated carbocycles. The molecule has 1 fully saturated rings. The van der Waals surface area contributed by atoms with Gasteiger partial charge < -0.3 is 5.32 Å². The number of benzene rings is 1. The first-order valence-electron chi connectivity index (χ1n) is 5.65. The topological polar surface area (TPSA) is 12.0 Å². The van der Waals surface area contributed by atoms with Gasteiger partial charge in [-0.15, -0.1) is 0 Å². The van der Waals surface area contributed by atoms with Crippen LogP contribution >= 0.6 is 0 Å². The average Bonchev–Trinajstić information content (AvgIpc) is 2.81. The molecular weight excluding hydrogens is 170 g/mol. The Balaban J connectivity index is 0.000000354. The van der Waals surface area contributed by atoms with Crippen LogP contribution in [0.4, 0.5) is 5.69 Å². The first kappa shape index (κ1) is 9.57. The quantitative estimate of drug-likeness (QED) is 0.658. The Morgan fingerprint density at radius 2 is 1.93 bits per heavy atom. The maximum absolute atomic E-state index is 3.63. The number of aryl methyl sites for hydroxylation is 1. The van der Waals surface area contributed by atoms with E-state index < -0.39 is 0 Å². The number of hydrogen-bond acceptors (Lipinski definition) is 1. The Bertz CT molecular complexity index is 337. The third-order valence-corrected chi connectivity index (χ3v) is 3.05. The van der Waals surface area contributed by atoms with Crippen LogP contribution in [0.25, 0.3) is 0 Å². The van der Waals surface area contributed by atoms with E-state index in [1.807, 2.05) is 13.8 Å². The van der Waals surface area contributed by atoms with Gasteiger partial charge in [-0.1, -0.05) is 26.0 Å². The molecule has 0 aromatic heterocycles. The minimum Gasteiger partial charge on any atom is -0.379 e. The number of hydrogen-bond donors (Lipinski definition) is 1. The van der Waals surface area contributed by atoms with Crippen LogP contribution in [0.3, 0.4) is 0 Å². The van der Waals surface area contributed by atoms with E-state index in [9.17, 15) is 0 Å². The highest BCUT2D eigenvalue weighted by molar-refractivity contribution is 5.62. The average molecular weight is 189 g/mol. The highest BCUT2D eigenvalue weighted by Crippen LogP contribution is 2.48. The lowest BCUT2D eigenvalue weighted by molar-refractivity contribution is 0.771. The van der Waals surface area contributed by atoms with Crippen molar-refractivity contribution in [1.29, 1.82) is 0 Å². The fourth-order valence-corrected chi connectivity index (χ4v) is 2.11. The van der Waals surface area contributed by atoms with Crippen molar-refractivity contribution in [3.8, 4) is 0 Å². The molecule has 14 heavy (non-hydrogen) atoms. The van der Waals surface area contributed by atoms with Crippen molar-refractivity contribution < 1.29 is 0 Å². The molecule has 1 aromatic carbocycles. The monoisotopic (exact) mass is 189 g/mol. The molecule has 1 nitrogen and oxygen atoms in total. The lowest BCUT2D eigenvalue weighted by atomic mass is 10.1. The Morgan fingerprint density at radius 3 is 2.57 bits per heavy atom. The molecule has 1 aliphatic heterocycles. The van der Waals surface area contributed by atoms with Gasteiger partial charge in [0.1, 0.15) is 0 Å². The summed E-state index contributed by atoms with van der Waals surface area (Å²) in [4.78, 5) is 0. The molecule has 76 valence electrons. The molecule has 2 aliphatic rings. The summed E-state index contributed by atoms with van der Waals surface area (Å²) in [6.45, 7) is 6.15. The molecular formula is C13H19N. The molecule has 1 aliphatic carbocycles. The molecule has 0 unspecified atom stereocenters. The molecule has 0 bridgehead atoms. The van der Waals surface area contributed by atoms with Crippen molar-refractivity contribution in [3.63, 3.8) is 0 Å². The molecule has 0 atom stereocenters. The molecule has 3 rings (SSSR count). The second-order valence-electron chi connectivity index (χ2n) is 4.24. The molecule has 0 amide bonds. The fraction of sp³-hybridized carbons (Fsp3) is 0.538. The van der Waals surface area contributed by atoms with Gasteiger partial charge in [-0.05, 0) is 43.4 Å². The van der Waals surface area contributed by atoms with Crippen LogP contribution in [0.5, 0.6) is 0 Å². The Hall–Kier alpha value is -0.980. The summed E-state index contributed by atoms with van der Waals surface area (Å²) in [5.41, 5.74) is 4.75. The molecule has 0 radical (unpaired) electrons. The number of nitrogens with one attached hydrogen (secondary N) is 1. The van der Waals surface area contributed by atoms with Crippen molar-refractivity contribution in [1.82, 2.24) is 0 Å². The van der Waals surface area contributed by atoms with Gasteiger partial charge in [0, 0.05) is 11.2 Å². The van der Waals surface area contributed by atoms with E-state index in [0.29, 0.717) is 5.54 Å². The van der Waals surface area contributed by atoms with Crippen molar-refractivity contribution in [2.75, 3.05) is 5.32 Å². The fourth-order valence-electron chi connectivity index (χ4n) is 2.11. The van der Waals surface area contributed by atoms with E-state index in [1.165, 1.54) is 36.1 Å². The summed E-state index contributed by atoms with van der Waals surface area (Å²) in [6, 6.07) is 6.75. The maximum Gasteiger partial charge on any atom is 0.0416 e. The van der Waals surface area contributed by atoms with Gasteiger partial charge in [0.15, 0.2) is 0 Å². The van der Waals surface area contributed by atoms with Crippen LogP contribution in [-0.2, 0) is 6.42 Å². The molecule has 0 saturated heterocycles. The lowest BCUT2D eigenvalue weighted by Gasteiger charge is -2.05. The Morgan fingerprint density at radius 1 is 1.21 bits per heavy atom. The molecule has 1 heteroatoms. The number of fused-ring (bicyclic) bond motifs is 1. The van der Waals surface area contributed by atoms with Crippen LogP contribution in [0.1, 0.15) is 37.8 Å². The van der Waals surface area contributed by atoms with Gasteiger partial charge >= 0.3 is 0 Å². The van der Waals surface area contributed by atoms with Crippen LogP contribution in [0.15, 0.2) is 18.2 Å².